The molecule has 0 aliphatic rings. The molecule has 2 aromatic rings. The van der Waals surface area contributed by atoms with E-state index >= 15 is 0 Å². The summed E-state index contributed by atoms with van der Waals surface area (Å²) in [6, 6.07) is 10.9. The maximum atomic E-state index is 12.8. The average molecular weight is 354 g/mol. The number of methoxy groups -OCH3 is 2. The molecule has 5 nitrogen and oxygen atoms in total. The van der Waals surface area contributed by atoms with Crippen molar-refractivity contribution in [3.8, 4) is 17.2 Å². The fourth-order valence-corrected chi connectivity index (χ4v) is 2.30. The zero-order valence-electron chi connectivity index (χ0n) is 15.4. The fourth-order valence-electron chi connectivity index (χ4n) is 2.30. The maximum absolute atomic E-state index is 12.8. The van der Waals surface area contributed by atoms with E-state index in [0.717, 1.165) is 11.1 Å². The fraction of sp³-hybridized carbons (Fsp3) is 0.238. The lowest BCUT2D eigenvalue weighted by Gasteiger charge is -2.13. The lowest BCUT2D eigenvalue weighted by molar-refractivity contribution is -0.134. The molecule has 0 aliphatic heterocycles. The zero-order valence-corrected chi connectivity index (χ0v) is 15.4. The largest absolute Gasteiger partial charge is 0.496 e. The molecule has 5 heteroatoms. The van der Waals surface area contributed by atoms with Crippen molar-refractivity contribution < 1.29 is 23.8 Å². The SMILES string of the molecule is CCC(=O)Oc1cc(OC)cc(OC)c1C(=O)C=Cc1ccc(C)cc1. The standard InChI is InChI=1S/C21H22O5/c1-5-20(23)26-19-13-16(24-3)12-18(25-4)21(19)17(22)11-10-15-8-6-14(2)7-9-15/h6-13H,5H2,1-4H3. The lowest BCUT2D eigenvalue weighted by Crippen LogP contribution is -2.10. The number of carbonyl (C=O) groups is 2. The first-order valence-electron chi connectivity index (χ1n) is 8.24. The minimum Gasteiger partial charge on any atom is -0.496 e. The molecule has 0 saturated carbocycles. The number of ether oxygens (including phenoxy) is 3. The van der Waals surface area contributed by atoms with Crippen molar-refractivity contribution in [2.24, 2.45) is 0 Å². The first-order valence-corrected chi connectivity index (χ1v) is 8.24. The van der Waals surface area contributed by atoms with Gasteiger partial charge in [-0.1, -0.05) is 42.8 Å². The normalized spacial score (nSPS) is 10.6. The quantitative estimate of drug-likeness (QED) is 0.322. The number of hydrogen-bond acceptors (Lipinski definition) is 5. The second-order valence-electron chi connectivity index (χ2n) is 5.64. The summed E-state index contributed by atoms with van der Waals surface area (Å²) < 4.78 is 15.8. The minimum absolute atomic E-state index is 0.117. The monoisotopic (exact) mass is 354 g/mol. The van der Waals surface area contributed by atoms with Gasteiger partial charge in [0.1, 0.15) is 22.8 Å². The van der Waals surface area contributed by atoms with Crippen molar-refractivity contribution in [1.82, 2.24) is 0 Å². The molecule has 136 valence electrons. The summed E-state index contributed by atoms with van der Waals surface area (Å²) in [4.78, 5) is 24.5. The van der Waals surface area contributed by atoms with Crippen molar-refractivity contribution >= 4 is 17.8 Å². The van der Waals surface area contributed by atoms with Gasteiger partial charge in [-0.15, -0.1) is 0 Å². The molecule has 0 aliphatic carbocycles. The number of ketones is 1. The van der Waals surface area contributed by atoms with Gasteiger partial charge >= 0.3 is 5.97 Å². The van der Waals surface area contributed by atoms with Crippen LogP contribution in [0.4, 0.5) is 0 Å². The average Bonchev–Trinajstić information content (AvgIpc) is 2.66. The van der Waals surface area contributed by atoms with E-state index in [1.54, 1.807) is 19.1 Å². The number of benzene rings is 2. The second-order valence-corrected chi connectivity index (χ2v) is 5.64. The van der Waals surface area contributed by atoms with Crippen LogP contribution in [-0.2, 0) is 4.79 Å². The molecule has 0 aromatic heterocycles. The lowest BCUT2D eigenvalue weighted by atomic mass is 10.1. The van der Waals surface area contributed by atoms with E-state index < -0.39 is 5.97 Å². The molecule has 0 heterocycles. The van der Waals surface area contributed by atoms with Crippen LogP contribution < -0.4 is 14.2 Å². The Morgan fingerprint density at radius 3 is 2.23 bits per heavy atom. The molecule has 0 bridgehead atoms. The first kappa shape index (κ1) is 19.2. The van der Waals surface area contributed by atoms with Crippen LogP contribution in [-0.4, -0.2) is 26.0 Å². The molecule has 0 N–H and O–H groups in total. The van der Waals surface area contributed by atoms with Gasteiger partial charge in [0.15, 0.2) is 5.78 Å². The predicted octanol–water partition coefficient (Wildman–Crippen LogP) is 4.22. The molecular weight excluding hydrogens is 332 g/mol. The summed E-state index contributed by atoms with van der Waals surface area (Å²) in [5, 5.41) is 0. The maximum Gasteiger partial charge on any atom is 0.310 e. The number of rotatable bonds is 7. The highest BCUT2D eigenvalue weighted by atomic mass is 16.5. The molecule has 26 heavy (non-hydrogen) atoms. The van der Waals surface area contributed by atoms with Gasteiger partial charge < -0.3 is 14.2 Å². The molecule has 0 spiro atoms. The third-order valence-electron chi connectivity index (χ3n) is 3.76. The molecule has 0 fully saturated rings. The molecule has 2 rings (SSSR count). The molecule has 0 saturated heterocycles. The van der Waals surface area contributed by atoms with Gasteiger partial charge in [-0.25, -0.2) is 0 Å². The Hall–Kier alpha value is -3.08. The van der Waals surface area contributed by atoms with Crippen LogP contribution in [0.3, 0.4) is 0 Å². The Balaban J connectivity index is 2.42. The van der Waals surface area contributed by atoms with Crippen molar-refractivity contribution in [2.45, 2.75) is 20.3 Å². The van der Waals surface area contributed by atoms with Crippen molar-refractivity contribution in [3.05, 3.63) is 59.2 Å². The smallest absolute Gasteiger partial charge is 0.310 e. The number of esters is 1. The summed E-state index contributed by atoms with van der Waals surface area (Å²) in [6.45, 7) is 3.67. The van der Waals surface area contributed by atoms with Crippen LogP contribution in [0.1, 0.15) is 34.8 Å². The van der Waals surface area contributed by atoms with Crippen LogP contribution in [0, 0.1) is 6.92 Å². The summed E-state index contributed by atoms with van der Waals surface area (Å²) >= 11 is 0. The third kappa shape index (κ3) is 4.72. The van der Waals surface area contributed by atoms with Crippen LogP contribution in [0.5, 0.6) is 17.2 Å². The van der Waals surface area contributed by atoms with E-state index in [-0.39, 0.29) is 29.3 Å². The zero-order chi connectivity index (χ0) is 19.1. The predicted molar refractivity (Wildman–Crippen MR) is 100 cm³/mol. The van der Waals surface area contributed by atoms with E-state index in [1.165, 1.54) is 26.4 Å². The van der Waals surface area contributed by atoms with Gasteiger partial charge in [0, 0.05) is 18.6 Å². The molecule has 0 unspecified atom stereocenters. The van der Waals surface area contributed by atoms with Crippen molar-refractivity contribution in [1.29, 1.82) is 0 Å². The van der Waals surface area contributed by atoms with E-state index in [0.29, 0.717) is 5.75 Å². The molecule has 0 amide bonds. The summed E-state index contributed by atoms with van der Waals surface area (Å²) in [5.74, 6) is 0.0501. The van der Waals surface area contributed by atoms with Gasteiger partial charge in [0.25, 0.3) is 0 Å². The van der Waals surface area contributed by atoms with Gasteiger partial charge in [0.2, 0.25) is 0 Å². The van der Waals surface area contributed by atoms with E-state index in [1.807, 2.05) is 31.2 Å². The number of carbonyl (C=O) groups excluding carboxylic acids is 2. The summed E-state index contributed by atoms with van der Waals surface area (Å²) in [7, 11) is 2.93. The van der Waals surface area contributed by atoms with E-state index in [2.05, 4.69) is 0 Å². The van der Waals surface area contributed by atoms with Crippen molar-refractivity contribution in [3.63, 3.8) is 0 Å². The topological polar surface area (TPSA) is 61.8 Å². The highest BCUT2D eigenvalue weighted by Crippen LogP contribution is 2.35. The Bertz CT molecular complexity index is 819. The summed E-state index contributed by atoms with van der Waals surface area (Å²) in [5.41, 5.74) is 2.21. The second kappa shape index (κ2) is 8.85. The Morgan fingerprint density at radius 2 is 1.65 bits per heavy atom. The number of allylic oxidation sites excluding steroid dienone is 1. The van der Waals surface area contributed by atoms with Crippen LogP contribution >= 0.6 is 0 Å². The molecule has 0 radical (unpaired) electrons. The van der Waals surface area contributed by atoms with E-state index in [4.69, 9.17) is 14.2 Å². The van der Waals surface area contributed by atoms with Gasteiger partial charge in [-0.05, 0) is 18.6 Å². The number of aryl methyl sites for hydroxylation is 1. The summed E-state index contributed by atoms with van der Waals surface area (Å²) in [6.07, 6.45) is 3.32. The highest BCUT2D eigenvalue weighted by molar-refractivity contribution is 6.11. The minimum atomic E-state index is -0.447. The molecule has 2 aromatic carbocycles. The third-order valence-corrected chi connectivity index (χ3v) is 3.76. The Labute approximate surface area is 153 Å². The van der Waals surface area contributed by atoms with Crippen LogP contribution in [0.25, 0.3) is 6.08 Å². The van der Waals surface area contributed by atoms with Gasteiger partial charge in [0.05, 0.1) is 14.2 Å². The molecular formula is C21H22O5. The number of hydrogen-bond donors (Lipinski definition) is 0. The van der Waals surface area contributed by atoms with Crippen LogP contribution in [0.15, 0.2) is 42.5 Å². The van der Waals surface area contributed by atoms with Crippen LogP contribution in [0.2, 0.25) is 0 Å². The van der Waals surface area contributed by atoms with Gasteiger partial charge in [-0.3, -0.25) is 9.59 Å². The first-order chi connectivity index (χ1) is 12.5. The Kier molecular flexibility index (Phi) is 6.55. The van der Waals surface area contributed by atoms with Gasteiger partial charge in [-0.2, -0.15) is 0 Å². The van der Waals surface area contributed by atoms with Crippen molar-refractivity contribution in [2.75, 3.05) is 14.2 Å². The Morgan fingerprint density at radius 1 is 1.00 bits per heavy atom. The molecule has 0 atom stereocenters. The van der Waals surface area contributed by atoms with E-state index in [9.17, 15) is 9.59 Å². The highest BCUT2D eigenvalue weighted by Gasteiger charge is 2.20.